The molecule has 3 aromatic carbocycles. The summed E-state index contributed by atoms with van der Waals surface area (Å²) >= 11 is 5.90. The molecule has 288 valence electrons. The summed E-state index contributed by atoms with van der Waals surface area (Å²) in [6, 6.07) is 22.8. The quantitative estimate of drug-likeness (QED) is 0.115. The third-order valence-corrected chi connectivity index (χ3v) is 8.81. The Balaban J connectivity index is 0.000000181. The number of rotatable bonds is 12. The van der Waals surface area contributed by atoms with Crippen molar-refractivity contribution >= 4 is 28.7 Å². The first-order chi connectivity index (χ1) is 25.7. The number of imidazole rings is 3. The van der Waals surface area contributed by atoms with Gasteiger partial charge in [0.25, 0.3) is 0 Å². The largest absolute Gasteiger partial charge is 0.416 e. The molecule has 0 bridgehead atoms. The zero-order valence-electron chi connectivity index (χ0n) is 31.9. The lowest BCUT2D eigenvalue weighted by atomic mass is 10.1. The zero-order chi connectivity index (χ0) is 39.3. The summed E-state index contributed by atoms with van der Waals surface area (Å²) in [6.45, 7) is 16.9. The SMILES string of the molecule is CC(C)N(Cc1cnc[nH]1)c1ccc(Cl)cc1.CC(C)N(Cc1cnc[nH]1)c1cccc(C(F)(F)F)c1.Cc1cccc(N(Cc2cnc[nH]2)C(C)C)c1. The average molecular weight is 762 g/mol. The monoisotopic (exact) mass is 761 g/mol. The van der Waals surface area contributed by atoms with Gasteiger partial charge in [0.2, 0.25) is 0 Å². The van der Waals surface area contributed by atoms with Crippen LogP contribution < -0.4 is 14.7 Å². The number of benzene rings is 3. The lowest BCUT2D eigenvalue weighted by Crippen LogP contribution is -2.30. The van der Waals surface area contributed by atoms with E-state index in [-0.39, 0.29) is 6.04 Å². The number of hydrogen-bond acceptors (Lipinski definition) is 6. The number of aromatic amines is 3. The van der Waals surface area contributed by atoms with Gasteiger partial charge in [0.15, 0.2) is 0 Å². The standard InChI is InChI=1S/C14H16F3N3.C14H19N3.C13H16ClN3/c1-10(2)20(8-12-7-18-9-19-12)13-5-3-4-11(6-13)14(15,16)17;1-11(2)17(9-13-8-15-10-16-13)14-6-4-5-12(3)7-14;1-10(2)17(8-12-7-15-9-16-12)13-5-3-11(14)4-6-13/h3-7,9-10H,8H2,1-2H3,(H,18,19);4-8,10-11H,9H2,1-3H3,(H,15,16);3-7,9-10H,8H2,1-2H3,(H,15,16). The predicted molar refractivity (Wildman–Crippen MR) is 214 cm³/mol. The van der Waals surface area contributed by atoms with Gasteiger partial charge in [-0.1, -0.05) is 29.8 Å². The molecule has 3 N–H and O–H groups in total. The van der Waals surface area contributed by atoms with Crippen LogP contribution in [0.1, 0.15) is 69.8 Å². The number of H-pyrrole nitrogens is 3. The first kappa shape index (κ1) is 41.5. The lowest BCUT2D eigenvalue weighted by Gasteiger charge is -2.29. The molecule has 0 unspecified atom stereocenters. The molecule has 6 rings (SSSR count). The molecule has 0 spiro atoms. The fourth-order valence-corrected chi connectivity index (χ4v) is 5.81. The van der Waals surface area contributed by atoms with Gasteiger partial charge in [0.05, 0.1) is 61.3 Å². The fraction of sp³-hybridized carbons (Fsp3) is 0.341. The van der Waals surface area contributed by atoms with Crippen molar-refractivity contribution in [3.63, 3.8) is 0 Å². The summed E-state index contributed by atoms with van der Waals surface area (Å²) in [4.78, 5) is 27.8. The Labute approximate surface area is 321 Å². The van der Waals surface area contributed by atoms with Crippen LogP contribution in [0.5, 0.6) is 0 Å². The maximum Gasteiger partial charge on any atom is 0.416 e. The summed E-state index contributed by atoms with van der Waals surface area (Å²) in [6.07, 6.45) is 6.06. The van der Waals surface area contributed by atoms with Crippen molar-refractivity contribution in [1.29, 1.82) is 0 Å². The molecule has 3 aromatic heterocycles. The maximum atomic E-state index is 12.8. The van der Waals surface area contributed by atoms with E-state index in [0.717, 1.165) is 41.3 Å². The molecule has 3 heterocycles. The van der Waals surface area contributed by atoms with Gasteiger partial charge >= 0.3 is 6.18 Å². The molecular formula is C41H51ClF3N9. The lowest BCUT2D eigenvalue weighted by molar-refractivity contribution is -0.137. The molecule has 0 aliphatic heterocycles. The summed E-state index contributed by atoms with van der Waals surface area (Å²) in [5.41, 5.74) is 6.73. The van der Waals surface area contributed by atoms with E-state index in [2.05, 4.69) is 98.6 Å². The first-order valence-corrected chi connectivity index (χ1v) is 18.3. The molecule has 54 heavy (non-hydrogen) atoms. The van der Waals surface area contributed by atoms with E-state index in [9.17, 15) is 13.2 Å². The smallest absolute Gasteiger partial charge is 0.363 e. The topological polar surface area (TPSA) is 95.8 Å². The van der Waals surface area contributed by atoms with Crippen LogP contribution in [0.25, 0.3) is 0 Å². The third kappa shape index (κ3) is 12.7. The number of aromatic nitrogens is 6. The Bertz CT molecular complexity index is 1910. The van der Waals surface area contributed by atoms with E-state index in [4.69, 9.17) is 11.6 Å². The molecule has 0 atom stereocenters. The molecule has 6 aromatic rings. The summed E-state index contributed by atoms with van der Waals surface area (Å²) in [5, 5.41) is 0.763. The highest BCUT2D eigenvalue weighted by atomic mass is 35.5. The number of alkyl halides is 3. The van der Waals surface area contributed by atoms with E-state index in [1.54, 1.807) is 31.2 Å². The van der Waals surface area contributed by atoms with E-state index < -0.39 is 11.7 Å². The molecule has 13 heteroatoms. The van der Waals surface area contributed by atoms with Gasteiger partial charge in [0.1, 0.15) is 0 Å². The number of aryl methyl sites for hydroxylation is 1. The molecule has 9 nitrogen and oxygen atoms in total. The van der Waals surface area contributed by atoms with Gasteiger partial charge in [-0.15, -0.1) is 0 Å². The van der Waals surface area contributed by atoms with Gasteiger partial charge < -0.3 is 29.7 Å². The van der Waals surface area contributed by atoms with E-state index in [1.165, 1.54) is 29.1 Å². The van der Waals surface area contributed by atoms with E-state index in [0.29, 0.717) is 24.3 Å². The minimum absolute atomic E-state index is 0.0711. The van der Waals surface area contributed by atoms with Crippen LogP contribution in [0.15, 0.2) is 110 Å². The Kier molecular flexibility index (Phi) is 15.2. The zero-order valence-corrected chi connectivity index (χ0v) is 32.7. The Morgan fingerprint density at radius 2 is 0.981 bits per heavy atom. The van der Waals surface area contributed by atoms with Crippen LogP contribution >= 0.6 is 11.6 Å². The number of nitrogens with zero attached hydrogens (tertiary/aromatic N) is 6. The summed E-state index contributed by atoms with van der Waals surface area (Å²) in [7, 11) is 0. The van der Waals surface area contributed by atoms with Gasteiger partial charge in [-0.2, -0.15) is 13.2 Å². The van der Waals surface area contributed by atoms with Crippen molar-refractivity contribution < 1.29 is 13.2 Å². The number of halogens is 4. The van der Waals surface area contributed by atoms with Crippen molar-refractivity contribution in [3.05, 3.63) is 144 Å². The summed E-state index contributed by atoms with van der Waals surface area (Å²) < 4.78 is 38.3. The van der Waals surface area contributed by atoms with Crippen molar-refractivity contribution in [1.82, 2.24) is 29.9 Å². The molecule has 0 radical (unpaired) electrons. The highest BCUT2D eigenvalue weighted by molar-refractivity contribution is 6.30. The maximum absolute atomic E-state index is 12.8. The highest BCUT2D eigenvalue weighted by Crippen LogP contribution is 2.32. The number of hydrogen-bond donors (Lipinski definition) is 3. The first-order valence-electron chi connectivity index (χ1n) is 17.9. The molecule has 0 aliphatic carbocycles. The molecule has 0 saturated carbocycles. The second kappa shape index (κ2) is 19.7. The minimum atomic E-state index is -4.33. The summed E-state index contributed by atoms with van der Waals surface area (Å²) in [5.74, 6) is 0. The van der Waals surface area contributed by atoms with Crippen LogP contribution in [0.3, 0.4) is 0 Å². The Morgan fingerprint density at radius 3 is 1.35 bits per heavy atom. The Morgan fingerprint density at radius 1 is 0.574 bits per heavy atom. The highest BCUT2D eigenvalue weighted by Gasteiger charge is 2.31. The predicted octanol–water partition coefficient (Wildman–Crippen LogP) is 10.5. The molecular weight excluding hydrogens is 711 g/mol. The van der Waals surface area contributed by atoms with Gasteiger partial charge in [-0.3, -0.25) is 0 Å². The van der Waals surface area contributed by atoms with Crippen LogP contribution in [0.2, 0.25) is 5.02 Å². The Hall–Kier alpha value is -5.23. The molecule has 0 amide bonds. The minimum Gasteiger partial charge on any atom is -0.363 e. The number of anilines is 3. The van der Waals surface area contributed by atoms with E-state index in [1.807, 2.05) is 55.4 Å². The van der Waals surface area contributed by atoms with Crippen LogP contribution in [-0.2, 0) is 25.8 Å². The van der Waals surface area contributed by atoms with Gasteiger partial charge in [0, 0.05) is 58.8 Å². The fourth-order valence-electron chi connectivity index (χ4n) is 5.68. The van der Waals surface area contributed by atoms with Gasteiger partial charge in [-0.05, 0) is 109 Å². The van der Waals surface area contributed by atoms with Crippen molar-refractivity contribution in [2.45, 2.75) is 92.4 Å². The molecule has 0 saturated heterocycles. The third-order valence-electron chi connectivity index (χ3n) is 8.55. The second-order valence-corrected chi connectivity index (χ2v) is 14.2. The van der Waals surface area contributed by atoms with Crippen molar-refractivity contribution in [2.24, 2.45) is 0 Å². The van der Waals surface area contributed by atoms with Crippen LogP contribution in [0.4, 0.5) is 30.2 Å². The van der Waals surface area contributed by atoms with Gasteiger partial charge in [-0.25, -0.2) is 15.0 Å². The van der Waals surface area contributed by atoms with Crippen molar-refractivity contribution in [2.75, 3.05) is 14.7 Å². The normalized spacial score (nSPS) is 11.2. The molecule has 0 fully saturated rings. The van der Waals surface area contributed by atoms with Crippen LogP contribution in [-0.4, -0.2) is 48.0 Å². The van der Waals surface area contributed by atoms with Crippen molar-refractivity contribution in [3.8, 4) is 0 Å². The second-order valence-electron chi connectivity index (χ2n) is 13.8. The van der Waals surface area contributed by atoms with E-state index >= 15 is 0 Å². The average Bonchev–Trinajstić information content (AvgIpc) is 3.94. The molecule has 0 aliphatic rings. The van der Waals surface area contributed by atoms with Crippen LogP contribution in [0, 0.1) is 6.92 Å². The number of nitrogens with one attached hydrogen (secondary N) is 3.